The number of amides is 3. The molecule has 2 aromatic carbocycles. The van der Waals surface area contributed by atoms with Crippen LogP contribution in [0.2, 0.25) is 0 Å². The van der Waals surface area contributed by atoms with Gasteiger partial charge in [0.05, 0.1) is 12.2 Å². The van der Waals surface area contributed by atoms with Gasteiger partial charge >= 0.3 is 6.03 Å². The summed E-state index contributed by atoms with van der Waals surface area (Å²) in [5.74, 6) is -0.954. The van der Waals surface area contributed by atoms with Gasteiger partial charge in [-0.3, -0.25) is 9.69 Å². The first-order chi connectivity index (χ1) is 16.2. The van der Waals surface area contributed by atoms with Gasteiger partial charge in [0.2, 0.25) is 0 Å². The number of hydrogen-bond donors (Lipinski definition) is 1. The van der Waals surface area contributed by atoms with E-state index in [9.17, 15) is 18.4 Å². The van der Waals surface area contributed by atoms with Crippen molar-refractivity contribution in [1.29, 1.82) is 0 Å². The van der Waals surface area contributed by atoms with E-state index in [1.807, 2.05) is 32.1 Å². The average Bonchev–Trinajstić information content (AvgIpc) is 2.77. The van der Waals surface area contributed by atoms with Gasteiger partial charge in [-0.2, -0.15) is 0 Å². The first-order valence-electron chi connectivity index (χ1n) is 11.2. The molecule has 1 heterocycles. The van der Waals surface area contributed by atoms with E-state index in [0.29, 0.717) is 47.1 Å². The highest BCUT2D eigenvalue weighted by Crippen LogP contribution is 2.33. The molecule has 0 saturated heterocycles. The van der Waals surface area contributed by atoms with Gasteiger partial charge in [-0.05, 0) is 60.5 Å². The highest BCUT2D eigenvalue weighted by molar-refractivity contribution is 7.27. The van der Waals surface area contributed by atoms with Gasteiger partial charge in [0, 0.05) is 43.3 Å². The summed E-state index contributed by atoms with van der Waals surface area (Å²) in [7, 11) is 4.19. The molecule has 0 saturated carbocycles. The smallest absolute Gasteiger partial charge is 0.324 e. The Morgan fingerprint density at radius 1 is 1.18 bits per heavy atom. The molecule has 1 atom stereocenters. The number of carbonyl (C=O) groups is 2. The molecule has 8 heteroatoms. The maximum atomic E-state index is 14.6. The molecule has 5 nitrogen and oxygen atoms in total. The fraction of sp³-hybridized carbons (Fsp3) is 0.308. The summed E-state index contributed by atoms with van der Waals surface area (Å²) in [6.45, 7) is 4.19. The zero-order valence-corrected chi connectivity index (χ0v) is 20.7. The minimum Gasteiger partial charge on any atom is -0.348 e. The van der Waals surface area contributed by atoms with Crippen molar-refractivity contribution in [3.63, 3.8) is 0 Å². The summed E-state index contributed by atoms with van der Waals surface area (Å²) in [4.78, 5) is 29.0. The molecular formula is C26H28F2N3O2P. The van der Waals surface area contributed by atoms with Crippen molar-refractivity contribution < 1.29 is 18.4 Å². The monoisotopic (exact) mass is 483 g/mol. The zero-order valence-electron chi connectivity index (χ0n) is 19.5. The largest absolute Gasteiger partial charge is 0.348 e. The summed E-state index contributed by atoms with van der Waals surface area (Å²) in [5, 5.41) is 3.46. The van der Waals surface area contributed by atoms with Crippen LogP contribution in [0, 0.1) is 12.7 Å². The molecule has 4 rings (SSSR count). The highest BCUT2D eigenvalue weighted by atomic mass is 31.0. The molecule has 1 aliphatic heterocycles. The number of aryl methyl sites for hydroxylation is 1. The topological polar surface area (TPSA) is 52.7 Å². The van der Waals surface area contributed by atoms with Crippen LogP contribution >= 0.6 is 9.24 Å². The number of urea groups is 1. The Hall–Kier alpha value is -3.05. The summed E-state index contributed by atoms with van der Waals surface area (Å²) < 4.78 is 29.0. The predicted octanol–water partition coefficient (Wildman–Crippen LogP) is 4.90. The van der Waals surface area contributed by atoms with Crippen molar-refractivity contribution >= 4 is 32.2 Å². The van der Waals surface area contributed by atoms with E-state index < -0.39 is 0 Å². The van der Waals surface area contributed by atoms with Crippen molar-refractivity contribution in [2.45, 2.75) is 39.8 Å². The zero-order chi connectivity index (χ0) is 24.6. The fourth-order valence-electron chi connectivity index (χ4n) is 4.40. The lowest BCUT2D eigenvalue weighted by atomic mass is 9.96. The molecular weight excluding hydrogens is 455 g/mol. The molecule has 0 bridgehead atoms. The Morgan fingerprint density at radius 2 is 1.94 bits per heavy atom. The lowest BCUT2D eigenvalue weighted by molar-refractivity contribution is 0.0950. The minimum atomic E-state index is -0.377. The van der Waals surface area contributed by atoms with E-state index in [0.717, 1.165) is 16.7 Å². The molecule has 34 heavy (non-hydrogen) atoms. The number of nitrogens with zero attached hydrogens (tertiary/aromatic N) is 2. The lowest BCUT2D eigenvalue weighted by Crippen LogP contribution is -2.46. The van der Waals surface area contributed by atoms with Crippen molar-refractivity contribution in [3.05, 3.63) is 81.5 Å². The van der Waals surface area contributed by atoms with Gasteiger partial charge in [0.1, 0.15) is 11.6 Å². The number of anilines is 1. The molecule has 1 N–H and O–H groups in total. The van der Waals surface area contributed by atoms with E-state index in [1.165, 1.54) is 11.0 Å². The molecule has 2 aliphatic rings. The summed E-state index contributed by atoms with van der Waals surface area (Å²) in [6, 6.07) is 8.17. The van der Waals surface area contributed by atoms with Crippen LogP contribution in [0.1, 0.15) is 46.8 Å². The summed E-state index contributed by atoms with van der Waals surface area (Å²) in [6.07, 6.45) is 2.95. The number of allylic oxidation sites excluding steroid dienone is 2. The van der Waals surface area contributed by atoms with E-state index in [2.05, 4.69) is 14.6 Å². The van der Waals surface area contributed by atoms with Crippen molar-refractivity contribution in [3.8, 4) is 0 Å². The predicted molar refractivity (Wildman–Crippen MR) is 133 cm³/mol. The van der Waals surface area contributed by atoms with Crippen LogP contribution in [-0.4, -0.2) is 30.4 Å². The first kappa shape index (κ1) is 24.1. The Kier molecular flexibility index (Phi) is 6.85. The number of nitrogens with one attached hydrogen (secondary N) is 1. The van der Waals surface area contributed by atoms with Crippen LogP contribution < -0.4 is 15.5 Å². The number of carbonyl (C=O) groups excluding carboxylic acids is 2. The van der Waals surface area contributed by atoms with Crippen LogP contribution in [0.5, 0.6) is 0 Å². The second kappa shape index (κ2) is 9.67. The standard InChI is InChI=1S/C26H28F2N3O2P/c1-15-9-22(28)19(24(34)10-15)12-29-25(32)17-7-8-18-13-30(3)26(33)31(23(18)11-17)14-20-16(2)5-4-6-21(20)27/h5,7-11H,4,6,12-14,34H2,1-3H3,(H,29,32). The van der Waals surface area contributed by atoms with Crippen LogP contribution in [0.15, 0.2) is 53.4 Å². The van der Waals surface area contributed by atoms with Crippen LogP contribution in [0.25, 0.3) is 0 Å². The van der Waals surface area contributed by atoms with Crippen molar-refractivity contribution in [2.24, 2.45) is 0 Å². The number of fused-ring (bicyclic) bond motifs is 1. The molecule has 178 valence electrons. The molecule has 3 amide bonds. The second-order valence-electron chi connectivity index (χ2n) is 8.87. The molecule has 1 aliphatic carbocycles. The van der Waals surface area contributed by atoms with Gasteiger partial charge < -0.3 is 10.2 Å². The Morgan fingerprint density at radius 3 is 2.65 bits per heavy atom. The Balaban J connectivity index is 1.60. The maximum absolute atomic E-state index is 14.6. The van der Waals surface area contributed by atoms with E-state index in [1.54, 1.807) is 24.1 Å². The summed E-state index contributed by atoms with van der Waals surface area (Å²) in [5.41, 5.74) is 4.35. The number of halogens is 2. The number of benzene rings is 2. The van der Waals surface area contributed by atoms with Gasteiger partial charge in [-0.1, -0.05) is 18.2 Å². The van der Waals surface area contributed by atoms with Crippen LogP contribution in [0.3, 0.4) is 0 Å². The number of hydrogen-bond acceptors (Lipinski definition) is 2. The lowest BCUT2D eigenvalue weighted by Gasteiger charge is -2.36. The van der Waals surface area contributed by atoms with Crippen molar-refractivity contribution in [1.82, 2.24) is 10.2 Å². The van der Waals surface area contributed by atoms with Crippen LogP contribution in [0.4, 0.5) is 19.3 Å². The molecule has 0 fully saturated rings. The molecule has 0 aromatic heterocycles. The average molecular weight is 483 g/mol. The molecule has 1 unspecified atom stereocenters. The summed E-state index contributed by atoms with van der Waals surface area (Å²) >= 11 is 0. The Bertz CT molecular complexity index is 1220. The van der Waals surface area contributed by atoms with E-state index >= 15 is 0 Å². The maximum Gasteiger partial charge on any atom is 0.324 e. The molecule has 0 radical (unpaired) electrons. The fourth-order valence-corrected chi connectivity index (χ4v) is 4.91. The molecule has 2 aromatic rings. The quantitative estimate of drug-likeness (QED) is 0.615. The SMILES string of the molecule is CC1=CCCC(F)=C1CN1C(=O)N(C)Cc2ccc(C(=O)NCc3c(F)cc(C)cc3P)cc21. The van der Waals surface area contributed by atoms with E-state index in [-0.39, 0.29) is 36.7 Å². The van der Waals surface area contributed by atoms with Gasteiger partial charge in [0.25, 0.3) is 5.91 Å². The first-order valence-corrected chi connectivity index (χ1v) is 11.8. The van der Waals surface area contributed by atoms with Crippen LogP contribution in [-0.2, 0) is 13.1 Å². The second-order valence-corrected chi connectivity index (χ2v) is 9.50. The minimum absolute atomic E-state index is 0.0360. The van der Waals surface area contributed by atoms with Gasteiger partial charge in [0.15, 0.2) is 0 Å². The van der Waals surface area contributed by atoms with Gasteiger partial charge in [-0.25, -0.2) is 13.6 Å². The third kappa shape index (κ3) is 4.76. The Labute approximate surface area is 200 Å². The number of rotatable bonds is 5. The third-order valence-corrected chi connectivity index (χ3v) is 6.85. The third-order valence-electron chi connectivity index (χ3n) is 6.34. The highest BCUT2D eigenvalue weighted by Gasteiger charge is 2.31. The molecule has 0 spiro atoms. The van der Waals surface area contributed by atoms with E-state index in [4.69, 9.17) is 0 Å². The normalized spacial score (nSPS) is 15.9. The van der Waals surface area contributed by atoms with Crippen molar-refractivity contribution in [2.75, 3.05) is 18.5 Å². The van der Waals surface area contributed by atoms with Gasteiger partial charge in [-0.15, -0.1) is 9.24 Å².